The van der Waals surface area contributed by atoms with Gasteiger partial charge in [0.1, 0.15) is 16.6 Å². The van der Waals surface area contributed by atoms with Gasteiger partial charge in [0.15, 0.2) is 0 Å². The van der Waals surface area contributed by atoms with Crippen molar-refractivity contribution in [3.05, 3.63) is 71.4 Å². The van der Waals surface area contributed by atoms with Gasteiger partial charge in [0.25, 0.3) is 10.0 Å². The standard InChI is InChI=1S/C23H25N3O4S2/c27-22(16-21-10-11-23(31-21)32(28,29)26-13-4-1-5-14-26)25-18-8-6-9-20(15-18)30-17-19-7-2-3-12-24-19/h2-3,6-12,15H,1,4-5,13-14,16-17H2,(H,25,27). The first-order valence-corrected chi connectivity index (χ1v) is 12.8. The van der Waals surface area contributed by atoms with E-state index in [9.17, 15) is 13.2 Å². The number of carbonyl (C=O) groups excluding carboxylic acids is 1. The fraction of sp³-hybridized carbons (Fsp3) is 0.304. The number of amides is 1. The minimum atomic E-state index is -3.47. The monoisotopic (exact) mass is 471 g/mol. The molecule has 1 fully saturated rings. The van der Waals surface area contributed by atoms with Crippen LogP contribution in [0.3, 0.4) is 0 Å². The van der Waals surface area contributed by atoms with Crippen LogP contribution in [0.1, 0.15) is 29.8 Å². The number of rotatable bonds is 8. The quantitative estimate of drug-likeness (QED) is 0.535. The van der Waals surface area contributed by atoms with Crippen LogP contribution in [0.2, 0.25) is 0 Å². The molecular formula is C23H25N3O4S2. The summed E-state index contributed by atoms with van der Waals surface area (Å²) in [6.45, 7) is 1.46. The van der Waals surface area contributed by atoms with E-state index in [4.69, 9.17) is 4.74 Å². The molecule has 0 spiro atoms. The first-order chi connectivity index (χ1) is 15.5. The van der Waals surface area contributed by atoms with Gasteiger partial charge in [0.2, 0.25) is 5.91 Å². The van der Waals surface area contributed by atoms with Crippen LogP contribution in [0.4, 0.5) is 5.69 Å². The lowest BCUT2D eigenvalue weighted by Gasteiger charge is -2.25. The molecule has 0 saturated carbocycles. The summed E-state index contributed by atoms with van der Waals surface area (Å²) in [5, 5.41) is 2.85. The first kappa shape index (κ1) is 22.4. The fourth-order valence-electron chi connectivity index (χ4n) is 3.49. The molecular weight excluding hydrogens is 446 g/mol. The molecule has 0 unspecified atom stereocenters. The van der Waals surface area contributed by atoms with Crippen molar-refractivity contribution in [2.45, 2.75) is 36.5 Å². The topological polar surface area (TPSA) is 88.6 Å². The van der Waals surface area contributed by atoms with Crippen molar-refractivity contribution in [2.24, 2.45) is 0 Å². The maximum atomic E-state index is 12.8. The Labute approximate surface area is 192 Å². The van der Waals surface area contributed by atoms with Gasteiger partial charge in [-0.2, -0.15) is 4.31 Å². The SMILES string of the molecule is O=C(Cc1ccc(S(=O)(=O)N2CCCCC2)s1)Nc1cccc(OCc2ccccn2)c1. The lowest BCUT2D eigenvalue weighted by Crippen LogP contribution is -2.35. The number of ether oxygens (including phenoxy) is 1. The zero-order chi connectivity index (χ0) is 22.4. The van der Waals surface area contributed by atoms with Crippen LogP contribution in [-0.2, 0) is 27.8 Å². The molecule has 3 aromatic rings. The molecule has 1 amide bonds. The van der Waals surface area contributed by atoms with Crippen LogP contribution in [0.25, 0.3) is 0 Å². The summed E-state index contributed by atoms with van der Waals surface area (Å²) >= 11 is 1.16. The van der Waals surface area contributed by atoms with Crippen LogP contribution < -0.4 is 10.1 Å². The molecule has 32 heavy (non-hydrogen) atoms. The van der Waals surface area contributed by atoms with Crippen LogP contribution >= 0.6 is 11.3 Å². The highest BCUT2D eigenvalue weighted by Crippen LogP contribution is 2.27. The van der Waals surface area contributed by atoms with Gasteiger partial charge in [-0.15, -0.1) is 11.3 Å². The summed E-state index contributed by atoms with van der Waals surface area (Å²) in [6.07, 6.45) is 4.68. The van der Waals surface area contributed by atoms with E-state index in [1.807, 2.05) is 24.3 Å². The summed E-state index contributed by atoms with van der Waals surface area (Å²) in [6, 6.07) is 16.1. The third-order valence-corrected chi connectivity index (χ3v) is 8.56. The molecule has 0 bridgehead atoms. The molecule has 0 radical (unpaired) electrons. The molecule has 0 aliphatic carbocycles. The maximum Gasteiger partial charge on any atom is 0.252 e. The minimum absolute atomic E-state index is 0.110. The van der Waals surface area contributed by atoms with Crippen LogP contribution in [0.5, 0.6) is 5.75 Å². The van der Waals surface area contributed by atoms with E-state index in [1.54, 1.807) is 40.8 Å². The smallest absolute Gasteiger partial charge is 0.252 e. The lowest BCUT2D eigenvalue weighted by atomic mass is 10.2. The van der Waals surface area contributed by atoms with Crippen LogP contribution in [0, 0.1) is 0 Å². The van der Waals surface area contributed by atoms with Crippen LogP contribution in [0.15, 0.2) is 65.0 Å². The number of anilines is 1. The highest BCUT2D eigenvalue weighted by molar-refractivity contribution is 7.91. The van der Waals surface area contributed by atoms with Crippen molar-refractivity contribution in [3.63, 3.8) is 0 Å². The molecule has 1 aromatic carbocycles. The number of pyridine rings is 1. The van der Waals surface area contributed by atoms with Gasteiger partial charge in [-0.1, -0.05) is 18.6 Å². The number of nitrogens with zero attached hydrogens (tertiary/aromatic N) is 2. The number of hydrogen-bond acceptors (Lipinski definition) is 6. The van der Waals surface area contributed by atoms with Gasteiger partial charge >= 0.3 is 0 Å². The van der Waals surface area contributed by atoms with Gasteiger partial charge < -0.3 is 10.1 Å². The van der Waals surface area contributed by atoms with Gasteiger partial charge in [-0.3, -0.25) is 9.78 Å². The van der Waals surface area contributed by atoms with E-state index in [2.05, 4.69) is 10.3 Å². The first-order valence-electron chi connectivity index (χ1n) is 10.5. The second kappa shape index (κ2) is 10.2. The van der Waals surface area contributed by atoms with Crippen molar-refractivity contribution in [1.82, 2.24) is 9.29 Å². The third-order valence-electron chi connectivity index (χ3n) is 5.11. The largest absolute Gasteiger partial charge is 0.487 e. The zero-order valence-electron chi connectivity index (χ0n) is 17.6. The van der Waals surface area contributed by atoms with Gasteiger partial charge in [-0.25, -0.2) is 8.42 Å². The molecule has 3 heterocycles. The predicted octanol–water partition coefficient (Wildman–Crippen LogP) is 4.08. The number of hydrogen-bond donors (Lipinski definition) is 1. The number of aromatic nitrogens is 1. The van der Waals surface area contributed by atoms with E-state index >= 15 is 0 Å². The predicted molar refractivity (Wildman–Crippen MR) is 124 cm³/mol. The Hall–Kier alpha value is -2.75. The van der Waals surface area contributed by atoms with Gasteiger partial charge in [0.05, 0.1) is 12.1 Å². The van der Waals surface area contributed by atoms with E-state index in [-0.39, 0.29) is 12.3 Å². The van der Waals surface area contributed by atoms with Crippen molar-refractivity contribution in [2.75, 3.05) is 18.4 Å². The Morgan fingerprint density at radius 2 is 1.91 bits per heavy atom. The van der Waals surface area contributed by atoms with E-state index in [1.165, 1.54) is 0 Å². The highest BCUT2D eigenvalue weighted by atomic mass is 32.2. The second-order valence-corrected chi connectivity index (χ2v) is 10.9. The van der Waals surface area contributed by atoms with Crippen molar-refractivity contribution < 1.29 is 17.9 Å². The number of benzene rings is 1. The molecule has 1 aliphatic rings. The number of piperidine rings is 1. The highest BCUT2D eigenvalue weighted by Gasteiger charge is 2.27. The van der Waals surface area contributed by atoms with Gasteiger partial charge in [0, 0.05) is 35.9 Å². The Balaban J connectivity index is 1.34. The maximum absolute atomic E-state index is 12.8. The zero-order valence-corrected chi connectivity index (χ0v) is 19.2. The van der Waals surface area contributed by atoms with Crippen molar-refractivity contribution >= 4 is 33.0 Å². The third kappa shape index (κ3) is 5.73. The summed E-state index contributed by atoms with van der Waals surface area (Å²) in [5.41, 5.74) is 1.43. The molecule has 4 rings (SSSR count). The fourth-order valence-corrected chi connectivity index (χ4v) is 6.52. The Morgan fingerprint density at radius 1 is 1.06 bits per heavy atom. The molecule has 7 nitrogen and oxygen atoms in total. The molecule has 168 valence electrons. The molecule has 9 heteroatoms. The second-order valence-electron chi connectivity index (χ2n) is 7.55. The minimum Gasteiger partial charge on any atom is -0.487 e. The van der Waals surface area contributed by atoms with Crippen LogP contribution in [-0.4, -0.2) is 36.7 Å². The average molecular weight is 472 g/mol. The Kier molecular flexibility index (Phi) is 7.19. The van der Waals surface area contributed by atoms with Crippen molar-refractivity contribution in [3.8, 4) is 5.75 Å². The molecule has 1 saturated heterocycles. The number of thiophene rings is 1. The normalized spacial score (nSPS) is 14.8. The molecule has 0 atom stereocenters. The van der Waals surface area contributed by atoms with E-state index < -0.39 is 10.0 Å². The van der Waals surface area contributed by atoms with E-state index in [0.29, 0.717) is 40.2 Å². The number of carbonyl (C=O) groups is 1. The molecule has 2 aromatic heterocycles. The molecule has 1 aliphatic heterocycles. The summed E-state index contributed by atoms with van der Waals surface area (Å²) < 4.78 is 33.2. The number of nitrogens with one attached hydrogen (secondary N) is 1. The summed E-state index contributed by atoms with van der Waals surface area (Å²) in [5.74, 6) is 0.412. The Morgan fingerprint density at radius 3 is 2.69 bits per heavy atom. The Bertz CT molecular complexity index is 1160. The van der Waals surface area contributed by atoms with Gasteiger partial charge in [-0.05, 0) is 49.2 Å². The van der Waals surface area contributed by atoms with Crippen molar-refractivity contribution in [1.29, 1.82) is 0 Å². The molecule has 1 N–H and O–H groups in total. The summed E-state index contributed by atoms with van der Waals surface area (Å²) in [4.78, 5) is 17.4. The van der Waals surface area contributed by atoms with E-state index in [0.717, 1.165) is 36.3 Å². The summed E-state index contributed by atoms with van der Waals surface area (Å²) in [7, 11) is -3.47. The number of sulfonamides is 1. The lowest BCUT2D eigenvalue weighted by molar-refractivity contribution is -0.115. The average Bonchev–Trinajstić information content (AvgIpc) is 3.28.